The van der Waals surface area contributed by atoms with Crippen LogP contribution in [-0.2, 0) is 4.74 Å². The summed E-state index contributed by atoms with van der Waals surface area (Å²) in [4.78, 5) is 13.9. The Morgan fingerprint density at radius 3 is 2.83 bits per heavy atom. The fraction of sp³-hybridized carbons (Fsp3) is 0.462. The molecule has 0 bridgehead atoms. The van der Waals surface area contributed by atoms with Crippen molar-refractivity contribution < 1.29 is 14.6 Å². The van der Waals surface area contributed by atoms with Gasteiger partial charge in [-0.15, -0.1) is 0 Å². The zero-order valence-corrected chi connectivity index (χ0v) is 11.1. The number of halogens is 1. The first kappa shape index (κ1) is 13.2. The van der Waals surface area contributed by atoms with E-state index in [0.29, 0.717) is 11.6 Å². The number of hydrogen-bond acceptors (Lipinski definition) is 3. The minimum atomic E-state index is -0.216. The molecule has 1 aromatic carbocycles. The van der Waals surface area contributed by atoms with Crippen LogP contribution in [0.2, 0.25) is 5.02 Å². The summed E-state index contributed by atoms with van der Waals surface area (Å²) >= 11 is 5.75. The van der Waals surface area contributed by atoms with Gasteiger partial charge in [0.25, 0.3) is 5.91 Å². The summed E-state index contributed by atoms with van der Waals surface area (Å²) in [6, 6.07) is 4.55. The van der Waals surface area contributed by atoms with E-state index < -0.39 is 0 Å². The zero-order valence-electron chi connectivity index (χ0n) is 10.4. The van der Waals surface area contributed by atoms with E-state index in [9.17, 15) is 9.90 Å². The number of amides is 1. The highest BCUT2D eigenvalue weighted by molar-refractivity contribution is 6.30. The van der Waals surface area contributed by atoms with Crippen LogP contribution in [0.25, 0.3) is 0 Å². The second-order valence-corrected chi connectivity index (χ2v) is 4.95. The number of hydrogen-bond donors (Lipinski definition) is 1. The molecule has 18 heavy (non-hydrogen) atoms. The number of ether oxygens (including phenoxy) is 1. The van der Waals surface area contributed by atoms with Crippen molar-refractivity contribution in [3.8, 4) is 5.75 Å². The molecule has 2 rings (SSSR count). The number of phenols is 1. The summed E-state index contributed by atoms with van der Waals surface area (Å²) in [6.07, 6.45) is 0.839. The Labute approximate surface area is 111 Å². The minimum Gasteiger partial charge on any atom is -0.507 e. The molecule has 98 valence electrons. The van der Waals surface area contributed by atoms with E-state index >= 15 is 0 Å². The Hall–Kier alpha value is -1.26. The zero-order chi connectivity index (χ0) is 13.3. The van der Waals surface area contributed by atoms with Crippen molar-refractivity contribution >= 4 is 17.5 Å². The van der Waals surface area contributed by atoms with Crippen molar-refractivity contribution in [3.05, 3.63) is 28.8 Å². The summed E-state index contributed by atoms with van der Waals surface area (Å²) < 4.78 is 5.44. The minimum absolute atomic E-state index is 0.0217. The Kier molecular flexibility index (Phi) is 3.78. The third kappa shape index (κ3) is 2.44. The fourth-order valence-electron chi connectivity index (χ4n) is 2.26. The molecule has 1 fully saturated rings. The molecule has 2 atom stereocenters. The molecule has 1 aliphatic heterocycles. The van der Waals surface area contributed by atoms with Gasteiger partial charge in [-0.2, -0.15) is 0 Å². The lowest BCUT2D eigenvalue weighted by Gasteiger charge is -2.27. The van der Waals surface area contributed by atoms with Crippen LogP contribution < -0.4 is 0 Å². The average molecular weight is 270 g/mol. The highest BCUT2D eigenvalue weighted by atomic mass is 35.5. The van der Waals surface area contributed by atoms with Gasteiger partial charge in [-0.1, -0.05) is 11.6 Å². The molecule has 1 aromatic rings. The number of nitrogens with zero attached hydrogens (tertiary/aromatic N) is 1. The smallest absolute Gasteiger partial charge is 0.257 e. The lowest BCUT2D eigenvalue weighted by molar-refractivity contribution is 0.0572. The lowest BCUT2D eigenvalue weighted by Crippen LogP contribution is -2.41. The number of rotatable bonds is 2. The SMILES string of the molecule is CC1OCCC1N(C)C(=O)c1ccc(Cl)cc1O. The van der Waals surface area contributed by atoms with E-state index in [2.05, 4.69) is 0 Å². The molecule has 0 aliphatic carbocycles. The predicted octanol–water partition coefficient (Wildman–Crippen LogP) is 2.30. The first-order valence-electron chi connectivity index (χ1n) is 5.88. The van der Waals surface area contributed by atoms with Gasteiger partial charge in [0.05, 0.1) is 17.7 Å². The summed E-state index contributed by atoms with van der Waals surface area (Å²) in [5, 5.41) is 10.2. The van der Waals surface area contributed by atoms with E-state index in [0.717, 1.165) is 6.42 Å². The van der Waals surface area contributed by atoms with Crippen molar-refractivity contribution in [3.63, 3.8) is 0 Å². The van der Waals surface area contributed by atoms with E-state index in [1.807, 2.05) is 6.92 Å². The van der Waals surface area contributed by atoms with Crippen LogP contribution in [0.5, 0.6) is 5.75 Å². The van der Waals surface area contributed by atoms with Gasteiger partial charge >= 0.3 is 0 Å². The van der Waals surface area contributed by atoms with Crippen LogP contribution in [0.1, 0.15) is 23.7 Å². The summed E-state index contributed by atoms with van der Waals surface area (Å²) in [7, 11) is 1.73. The topological polar surface area (TPSA) is 49.8 Å². The van der Waals surface area contributed by atoms with Gasteiger partial charge in [0.15, 0.2) is 0 Å². The highest BCUT2D eigenvalue weighted by Gasteiger charge is 2.31. The van der Waals surface area contributed by atoms with Crippen molar-refractivity contribution in [2.24, 2.45) is 0 Å². The molecule has 1 heterocycles. The van der Waals surface area contributed by atoms with E-state index in [1.165, 1.54) is 12.1 Å². The van der Waals surface area contributed by atoms with Crippen molar-refractivity contribution in [1.29, 1.82) is 0 Å². The molecule has 0 saturated carbocycles. The Balaban J connectivity index is 2.20. The van der Waals surface area contributed by atoms with Gasteiger partial charge in [-0.05, 0) is 31.5 Å². The first-order valence-corrected chi connectivity index (χ1v) is 6.26. The van der Waals surface area contributed by atoms with Crippen LogP contribution in [0.3, 0.4) is 0 Å². The van der Waals surface area contributed by atoms with Gasteiger partial charge in [0.2, 0.25) is 0 Å². The number of benzene rings is 1. The Morgan fingerprint density at radius 1 is 1.56 bits per heavy atom. The van der Waals surface area contributed by atoms with E-state index in [1.54, 1.807) is 18.0 Å². The summed E-state index contributed by atoms with van der Waals surface area (Å²) in [6.45, 7) is 2.61. The maximum atomic E-state index is 12.3. The number of carbonyl (C=O) groups is 1. The molecule has 0 spiro atoms. The summed E-state index contributed by atoms with van der Waals surface area (Å²) in [5.41, 5.74) is 0.265. The molecule has 1 aliphatic rings. The van der Waals surface area contributed by atoms with Gasteiger partial charge in [0.1, 0.15) is 5.75 Å². The highest BCUT2D eigenvalue weighted by Crippen LogP contribution is 2.26. The lowest BCUT2D eigenvalue weighted by atomic mass is 10.1. The van der Waals surface area contributed by atoms with Gasteiger partial charge in [-0.25, -0.2) is 0 Å². The largest absolute Gasteiger partial charge is 0.507 e. The van der Waals surface area contributed by atoms with Crippen molar-refractivity contribution in [2.75, 3.05) is 13.7 Å². The number of carbonyl (C=O) groups excluding carboxylic acids is 1. The maximum Gasteiger partial charge on any atom is 0.257 e. The quantitative estimate of drug-likeness (QED) is 0.896. The molecule has 0 aromatic heterocycles. The molecule has 1 N–H and O–H groups in total. The van der Waals surface area contributed by atoms with Gasteiger partial charge in [-0.3, -0.25) is 4.79 Å². The van der Waals surface area contributed by atoms with Gasteiger partial charge < -0.3 is 14.7 Å². The Bertz CT molecular complexity index is 464. The summed E-state index contributed by atoms with van der Waals surface area (Å²) in [5.74, 6) is -0.308. The second kappa shape index (κ2) is 5.16. The number of likely N-dealkylation sites (N-methyl/N-ethyl adjacent to an activating group) is 1. The average Bonchev–Trinajstić information content (AvgIpc) is 2.74. The fourth-order valence-corrected chi connectivity index (χ4v) is 2.42. The second-order valence-electron chi connectivity index (χ2n) is 4.51. The van der Waals surface area contributed by atoms with Crippen LogP contribution in [0.15, 0.2) is 18.2 Å². The molecule has 4 nitrogen and oxygen atoms in total. The van der Waals surface area contributed by atoms with Crippen molar-refractivity contribution in [2.45, 2.75) is 25.5 Å². The predicted molar refractivity (Wildman–Crippen MR) is 69.0 cm³/mol. The monoisotopic (exact) mass is 269 g/mol. The Morgan fingerprint density at radius 2 is 2.28 bits per heavy atom. The first-order chi connectivity index (χ1) is 8.50. The van der Waals surface area contributed by atoms with E-state index in [4.69, 9.17) is 16.3 Å². The van der Waals surface area contributed by atoms with Gasteiger partial charge in [0, 0.05) is 18.7 Å². The molecule has 1 saturated heterocycles. The normalized spacial score (nSPS) is 23.1. The molecular formula is C13H16ClNO3. The number of aromatic hydroxyl groups is 1. The standard InChI is InChI=1S/C13H16ClNO3/c1-8-11(5-6-18-8)15(2)13(17)10-4-3-9(14)7-12(10)16/h3-4,7-8,11,16H,5-6H2,1-2H3. The van der Waals surface area contributed by atoms with Crippen LogP contribution >= 0.6 is 11.6 Å². The molecule has 0 radical (unpaired) electrons. The van der Waals surface area contributed by atoms with E-state index in [-0.39, 0.29) is 29.4 Å². The van der Waals surface area contributed by atoms with Crippen LogP contribution in [0.4, 0.5) is 0 Å². The molecule has 2 unspecified atom stereocenters. The molecular weight excluding hydrogens is 254 g/mol. The number of phenolic OH excluding ortho intramolecular Hbond substituents is 1. The maximum absolute atomic E-state index is 12.3. The third-order valence-electron chi connectivity index (χ3n) is 3.34. The van der Waals surface area contributed by atoms with Crippen molar-refractivity contribution in [1.82, 2.24) is 4.90 Å². The molecule has 5 heteroatoms. The van der Waals surface area contributed by atoms with Crippen LogP contribution in [0, 0.1) is 0 Å². The van der Waals surface area contributed by atoms with Crippen LogP contribution in [-0.4, -0.2) is 41.7 Å². The molecule has 1 amide bonds. The third-order valence-corrected chi connectivity index (χ3v) is 3.58.